The van der Waals surface area contributed by atoms with E-state index in [2.05, 4.69) is 28.4 Å². The number of carbonyl (C=O) groups excluding carboxylic acids is 2. The molecular formula is C11H15F3N4O2S. The summed E-state index contributed by atoms with van der Waals surface area (Å²) in [5.41, 5.74) is -1.05. The summed E-state index contributed by atoms with van der Waals surface area (Å²) in [6.45, 7) is 0.108. The Morgan fingerprint density at radius 2 is 1.86 bits per heavy atom. The maximum Gasteiger partial charge on any atom is 0.435 e. The lowest BCUT2D eigenvalue weighted by Crippen LogP contribution is -2.36. The van der Waals surface area contributed by atoms with Crippen LogP contribution in [0.5, 0.6) is 0 Å². The summed E-state index contributed by atoms with van der Waals surface area (Å²) in [5, 5.41) is 8.27. The number of amides is 2. The van der Waals surface area contributed by atoms with E-state index in [0.29, 0.717) is 5.75 Å². The lowest BCUT2D eigenvalue weighted by Gasteiger charge is -2.07. The lowest BCUT2D eigenvalue weighted by atomic mass is 10.4. The minimum Gasteiger partial charge on any atom is -0.354 e. The Labute approximate surface area is 124 Å². The number of nitrogens with one attached hydrogen (secondary N) is 2. The van der Waals surface area contributed by atoms with E-state index in [0.717, 1.165) is 16.9 Å². The third kappa shape index (κ3) is 6.52. The van der Waals surface area contributed by atoms with E-state index in [4.69, 9.17) is 0 Å². The molecule has 10 heteroatoms. The number of halogens is 3. The molecule has 0 fully saturated rings. The molecule has 0 unspecified atom stereocenters. The van der Waals surface area contributed by atoms with Crippen molar-refractivity contribution in [2.24, 2.45) is 0 Å². The average Bonchev–Trinajstić information content (AvgIpc) is 2.83. The molecule has 1 rings (SSSR count). The van der Waals surface area contributed by atoms with Crippen LogP contribution in [-0.2, 0) is 22.3 Å². The van der Waals surface area contributed by atoms with E-state index in [-0.39, 0.29) is 32.0 Å². The molecule has 6 nitrogen and oxygen atoms in total. The summed E-state index contributed by atoms with van der Waals surface area (Å²) < 4.78 is 37.8. The molecule has 0 spiro atoms. The van der Waals surface area contributed by atoms with Gasteiger partial charge in [-0.1, -0.05) is 0 Å². The maximum absolute atomic E-state index is 12.3. The van der Waals surface area contributed by atoms with Crippen molar-refractivity contribution in [3.63, 3.8) is 0 Å². The second-order valence-electron chi connectivity index (χ2n) is 4.07. The molecule has 1 aromatic heterocycles. The van der Waals surface area contributed by atoms with Crippen LogP contribution in [0.2, 0.25) is 0 Å². The smallest absolute Gasteiger partial charge is 0.354 e. The Morgan fingerprint density at radius 3 is 2.38 bits per heavy atom. The van der Waals surface area contributed by atoms with Crippen molar-refractivity contribution in [3.8, 4) is 0 Å². The van der Waals surface area contributed by atoms with Crippen LogP contribution in [0.15, 0.2) is 12.3 Å². The topological polar surface area (TPSA) is 76.0 Å². The van der Waals surface area contributed by atoms with Gasteiger partial charge in [-0.25, -0.2) is 0 Å². The van der Waals surface area contributed by atoms with Gasteiger partial charge in [-0.2, -0.15) is 30.9 Å². The van der Waals surface area contributed by atoms with Crippen molar-refractivity contribution in [2.45, 2.75) is 19.1 Å². The van der Waals surface area contributed by atoms with E-state index in [1.807, 2.05) is 0 Å². The Balaban J connectivity index is 2.28. The quantitative estimate of drug-likeness (QED) is 0.504. The van der Waals surface area contributed by atoms with Crippen LogP contribution < -0.4 is 10.6 Å². The Hall–Kier alpha value is -1.71. The maximum atomic E-state index is 12.3. The normalized spacial score (nSPS) is 11.2. The molecule has 0 bridgehead atoms. The average molecular weight is 324 g/mol. The van der Waals surface area contributed by atoms with Gasteiger partial charge in [0.15, 0.2) is 5.69 Å². The molecule has 2 amide bonds. The fourth-order valence-electron chi connectivity index (χ4n) is 1.40. The zero-order valence-corrected chi connectivity index (χ0v) is 11.9. The molecule has 2 N–H and O–H groups in total. The highest BCUT2D eigenvalue weighted by Gasteiger charge is 2.33. The molecule has 0 atom stereocenters. The highest BCUT2D eigenvalue weighted by atomic mass is 32.1. The zero-order chi connectivity index (χ0) is 15.9. The summed E-state index contributed by atoms with van der Waals surface area (Å²) in [5.74, 6) is -0.240. The molecule has 118 valence electrons. The number of thiol groups is 1. The molecule has 0 saturated carbocycles. The number of rotatable bonds is 7. The molecular weight excluding hydrogens is 309 g/mol. The zero-order valence-electron chi connectivity index (χ0n) is 11.0. The number of hydrogen-bond donors (Lipinski definition) is 3. The van der Waals surface area contributed by atoms with Crippen molar-refractivity contribution in [2.75, 3.05) is 18.8 Å². The highest BCUT2D eigenvalue weighted by Crippen LogP contribution is 2.27. The van der Waals surface area contributed by atoms with Gasteiger partial charge in [0, 0.05) is 25.7 Å². The van der Waals surface area contributed by atoms with Crippen LogP contribution in [0.3, 0.4) is 0 Å². The molecule has 1 heterocycles. The van der Waals surface area contributed by atoms with E-state index in [1.165, 1.54) is 0 Å². The van der Waals surface area contributed by atoms with E-state index in [9.17, 15) is 22.8 Å². The molecule has 0 aliphatic rings. The Morgan fingerprint density at radius 1 is 1.24 bits per heavy atom. The van der Waals surface area contributed by atoms with Gasteiger partial charge in [-0.05, 0) is 11.8 Å². The summed E-state index contributed by atoms with van der Waals surface area (Å²) in [7, 11) is 0. The largest absolute Gasteiger partial charge is 0.435 e. The predicted octanol–water partition coefficient (Wildman–Crippen LogP) is 0.454. The second-order valence-corrected chi connectivity index (χ2v) is 4.52. The minimum absolute atomic E-state index is 0.179. The number of aromatic nitrogens is 2. The summed E-state index contributed by atoms with van der Waals surface area (Å²) in [4.78, 5) is 22.5. The fourth-order valence-corrected chi connectivity index (χ4v) is 1.60. The van der Waals surface area contributed by atoms with E-state index >= 15 is 0 Å². The number of carbonyl (C=O) groups is 2. The summed E-state index contributed by atoms with van der Waals surface area (Å²) in [6, 6.07) is 0.797. The predicted molar refractivity (Wildman–Crippen MR) is 71.7 cm³/mol. The molecule has 0 aliphatic carbocycles. The number of hydrogen-bond acceptors (Lipinski definition) is 4. The van der Waals surface area contributed by atoms with Crippen LogP contribution in [0, 0.1) is 0 Å². The van der Waals surface area contributed by atoms with E-state index < -0.39 is 17.8 Å². The summed E-state index contributed by atoms with van der Waals surface area (Å²) in [6.07, 6.45) is -3.17. The van der Waals surface area contributed by atoms with Crippen LogP contribution in [0.25, 0.3) is 0 Å². The molecule has 0 saturated heterocycles. The van der Waals surface area contributed by atoms with Gasteiger partial charge >= 0.3 is 6.18 Å². The first kappa shape index (κ1) is 17.3. The van der Waals surface area contributed by atoms with Gasteiger partial charge in [-0.15, -0.1) is 0 Å². The first-order valence-corrected chi connectivity index (χ1v) is 6.71. The van der Waals surface area contributed by atoms with E-state index in [1.54, 1.807) is 0 Å². The van der Waals surface area contributed by atoms with Crippen LogP contribution in [0.1, 0.15) is 12.1 Å². The second kappa shape index (κ2) is 7.91. The highest BCUT2D eigenvalue weighted by molar-refractivity contribution is 7.80. The van der Waals surface area contributed by atoms with Crippen molar-refractivity contribution in [1.29, 1.82) is 0 Å². The molecule has 0 aromatic carbocycles. The molecule has 21 heavy (non-hydrogen) atoms. The molecule has 1 aromatic rings. The van der Waals surface area contributed by atoms with Crippen molar-refractivity contribution in [1.82, 2.24) is 20.4 Å². The monoisotopic (exact) mass is 324 g/mol. The van der Waals surface area contributed by atoms with Crippen LogP contribution in [0.4, 0.5) is 13.2 Å². The molecule has 0 radical (unpaired) electrons. The van der Waals surface area contributed by atoms with Crippen LogP contribution in [-0.4, -0.2) is 40.4 Å². The number of alkyl halides is 3. The van der Waals surface area contributed by atoms with Crippen molar-refractivity contribution in [3.05, 3.63) is 18.0 Å². The van der Waals surface area contributed by atoms with Crippen molar-refractivity contribution < 1.29 is 22.8 Å². The molecule has 0 aliphatic heterocycles. The first-order valence-electron chi connectivity index (χ1n) is 6.08. The Kier molecular flexibility index (Phi) is 6.53. The van der Waals surface area contributed by atoms with Gasteiger partial charge in [0.1, 0.15) is 6.54 Å². The van der Waals surface area contributed by atoms with Crippen molar-refractivity contribution >= 4 is 24.4 Å². The van der Waals surface area contributed by atoms with Gasteiger partial charge < -0.3 is 10.6 Å². The van der Waals surface area contributed by atoms with Gasteiger partial charge in [0.05, 0.1) is 0 Å². The first-order chi connectivity index (χ1) is 9.82. The fraction of sp³-hybridized carbons (Fsp3) is 0.545. The standard InChI is InChI=1S/C11H15F3N4O2S/c12-11(13,14)8-1-5-18(17-8)7-10(20)16-4-3-15-9(19)2-6-21/h1,5,21H,2-4,6-7H2,(H,15,19)(H,16,20). The van der Waals surface area contributed by atoms with Gasteiger partial charge in [-0.3, -0.25) is 14.3 Å². The number of nitrogens with zero attached hydrogens (tertiary/aromatic N) is 2. The minimum atomic E-state index is -4.53. The van der Waals surface area contributed by atoms with Gasteiger partial charge in [0.25, 0.3) is 0 Å². The Bertz CT molecular complexity index is 490. The summed E-state index contributed by atoms with van der Waals surface area (Å²) >= 11 is 3.89. The SMILES string of the molecule is O=C(CCS)NCCNC(=O)Cn1ccc(C(F)(F)F)n1. The van der Waals surface area contributed by atoms with Crippen LogP contribution >= 0.6 is 12.6 Å². The lowest BCUT2D eigenvalue weighted by molar-refractivity contribution is -0.141. The third-order valence-electron chi connectivity index (χ3n) is 2.34. The third-order valence-corrected chi connectivity index (χ3v) is 2.57. The van der Waals surface area contributed by atoms with Gasteiger partial charge in [0.2, 0.25) is 11.8 Å².